The van der Waals surface area contributed by atoms with Crippen molar-refractivity contribution >= 4 is 5.91 Å². The topological polar surface area (TPSA) is 228 Å². The molecule has 9 N–H and O–H groups in total. The van der Waals surface area contributed by atoms with Crippen LogP contribution in [0.5, 0.6) is 0 Å². The lowest BCUT2D eigenvalue weighted by Crippen LogP contribution is -2.65. The van der Waals surface area contributed by atoms with Crippen LogP contribution >= 0.6 is 0 Å². The minimum atomic E-state index is -1.79. The van der Waals surface area contributed by atoms with Gasteiger partial charge in [0.1, 0.15) is 48.8 Å². The summed E-state index contributed by atoms with van der Waals surface area (Å²) in [6.07, 6.45) is 9.51. The van der Waals surface area contributed by atoms with E-state index in [1.807, 2.05) is 6.08 Å². The molecule has 0 aliphatic carbocycles. The summed E-state index contributed by atoms with van der Waals surface area (Å²) in [7, 11) is 0. The van der Waals surface area contributed by atoms with Crippen LogP contribution in [0.3, 0.4) is 0 Å². The molecule has 2 rings (SSSR count). The number of nitrogens with one attached hydrogen (secondary N) is 1. The van der Waals surface area contributed by atoms with Gasteiger partial charge >= 0.3 is 0 Å². The number of ether oxygens (including phenoxy) is 4. The van der Waals surface area contributed by atoms with E-state index in [4.69, 9.17) is 18.9 Å². The average Bonchev–Trinajstić information content (AvgIpc) is 3.15. The molecule has 0 aromatic heterocycles. The standard InChI is InChI=1S/C39H69NO13/c1-3-5-7-9-11-12-13-14-15-17-18-20-22-28(43)27(40-31(44)23-21-19-16-10-8-6-4-2)26-50-38-36(49)34(47)37(30(25-42)52-38)53-39-35(48)33(46)32(45)29(24-41)51-39/h9,11,14-15,20,22,27-30,32-39,41-43,45-49H,3-8,10,12-13,16-19,21,23-26H2,1-2H3,(H,40,44)/b11-9+,15-14+,22-20+. The minimum absolute atomic E-state index is 0.266. The molecule has 0 spiro atoms. The molecule has 1 amide bonds. The van der Waals surface area contributed by atoms with Gasteiger partial charge in [-0.05, 0) is 38.5 Å². The van der Waals surface area contributed by atoms with Crippen LogP contribution in [0.2, 0.25) is 0 Å². The average molecular weight is 760 g/mol. The van der Waals surface area contributed by atoms with E-state index in [0.29, 0.717) is 12.8 Å². The highest BCUT2D eigenvalue weighted by Crippen LogP contribution is 2.29. The van der Waals surface area contributed by atoms with Gasteiger partial charge in [0.05, 0.1) is 32.0 Å². The number of rotatable bonds is 27. The van der Waals surface area contributed by atoms with E-state index >= 15 is 0 Å². The highest BCUT2D eigenvalue weighted by molar-refractivity contribution is 5.76. The maximum Gasteiger partial charge on any atom is 0.220 e. The van der Waals surface area contributed by atoms with E-state index in [0.717, 1.165) is 51.4 Å². The lowest BCUT2D eigenvalue weighted by atomic mass is 9.97. The van der Waals surface area contributed by atoms with E-state index in [9.17, 15) is 45.6 Å². The summed E-state index contributed by atoms with van der Waals surface area (Å²) >= 11 is 0. The Balaban J connectivity index is 1.99. The number of aliphatic hydroxyl groups is 8. The van der Waals surface area contributed by atoms with Crippen LogP contribution in [0, 0.1) is 0 Å². The van der Waals surface area contributed by atoms with E-state index in [1.165, 1.54) is 25.7 Å². The van der Waals surface area contributed by atoms with Crippen molar-refractivity contribution in [3.63, 3.8) is 0 Å². The molecule has 0 saturated carbocycles. The maximum atomic E-state index is 12.9. The molecule has 0 bridgehead atoms. The quantitative estimate of drug-likeness (QED) is 0.0432. The fourth-order valence-corrected chi connectivity index (χ4v) is 6.19. The molecular formula is C39H69NO13. The summed E-state index contributed by atoms with van der Waals surface area (Å²) < 4.78 is 22.5. The molecule has 2 fully saturated rings. The number of carbonyl (C=O) groups is 1. The predicted octanol–water partition coefficient (Wildman–Crippen LogP) is 2.03. The molecule has 0 aromatic rings. The Bertz CT molecular complexity index is 1040. The second kappa shape index (κ2) is 27.7. The lowest BCUT2D eigenvalue weighted by molar-refractivity contribution is -0.359. The van der Waals surface area contributed by atoms with Crippen molar-refractivity contribution in [2.45, 2.75) is 184 Å². The zero-order valence-corrected chi connectivity index (χ0v) is 31.7. The Kier molecular flexibility index (Phi) is 24.8. The lowest BCUT2D eigenvalue weighted by Gasteiger charge is -2.46. The van der Waals surface area contributed by atoms with E-state index < -0.39 is 86.8 Å². The molecule has 53 heavy (non-hydrogen) atoms. The number of amides is 1. The molecule has 0 radical (unpaired) electrons. The molecule has 12 unspecified atom stereocenters. The van der Waals surface area contributed by atoms with Crippen molar-refractivity contribution in [3.05, 3.63) is 36.5 Å². The van der Waals surface area contributed by atoms with Crippen LogP contribution in [-0.4, -0.2) is 140 Å². The molecule has 14 nitrogen and oxygen atoms in total. The van der Waals surface area contributed by atoms with Gasteiger partial charge in [-0.15, -0.1) is 0 Å². The Hall–Kier alpha value is -1.79. The molecule has 2 aliphatic heterocycles. The van der Waals surface area contributed by atoms with Crippen molar-refractivity contribution in [1.82, 2.24) is 5.32 Å². The fourth-order valence-electron chi connectivity index (χ4n) is 6.19. The van der Waals surface area contributed by atoms with Gasteiger partial charge < -0.3 is 65.1 Å². The summed E-state index contributed by atoms with van der Waals surface area (Å²) in [5.41, 5.74) is 0. The summed E-state index contributed by atoms with van der Waals surface area (Å²) in [4.78, 5) is 12.9. The summed E-state index contributed by atoms with van der Waals surface area (Å²) in [6, 6.07) is -0.929. The summed E-state index contributed by atoms with van der Waals surface area (Å²) in [5, 5.41) is 85.9. The fraction of sp³-hybridized carbons (Fsp3) is 0.821. The Labute approximate surface area is 315 Å². The molecule has 2 saturated heterocycles. The molecule has 2 heterocycles. The van der Waals surface area contributed by atoms with Crippen LogP contribution in [0.25, 0.3) is 0 Å². The van der Waals surface area contributed by atoms with Gasteiger partial charge in [-0.2, -0.15) is 0 Å². The summed E-state index contributed by atoms with van der Waals surface area (Å²) in [6.45, 7) is 2.60. The third kappa shape index (κ3) is 17.3. The third-order valence-electron chi connectivity index (χ3n) is 9.56. The third-order valence-corrected chi connectivity index (χ3v) is 9.56. The van der Waals surface area contributed by atoms with Gasteiger partial charge in [0, 0.05) is 6.42 Å². The number of allylic oxidation sites excluding steroid dienone is 5. The molecule has 308 valence electrons. The van der Waals surface area contributed by atoms with Crippen LogP contribution in [0.15, 0.2) is 36.5 Å². The van der Waals surface area contributed by atoms with Crippen LogP contribution in [-0.2, 0) is 23.7 Å². The van der Waals surface area contributed by atoms with Gasteiger partial charge in [0.15, 0.2) is 12.6 Å². The first-order chi connectivity index (χ1) is 25.6. The highest BCUT2D eigenvalue weighted by Gasteiger charge is 2.50. The molecule has 12 atom stereocenters. The summed E-state index contributed by atoms with van der Waals surface area (Å²) in [5.74, 6) is -0.266. The Morgan fingerprint density at radius 3 is 1.83 bits per heavy atom. The van der Waals surface area contributed by atoms with Crippen LogP contribution in [0.4, 0.5) is 0 Å². The van der Waals surface area contributed by atoms with Crippen molar-refractivity contribution < 1.29 is 64.6 Å². The SMILES string of the molecule is CCCC/C=C/CC/C=C/CC/C=C/C(O)C(COC1OC(CO)C(OC2OC(CO)C(O)C(O)C2O)C(O)C1O)NC(=O)CCCCCCCCC. The number of carbonyl (C=O) groups excluding carboxylic acids is 1. The smallest absolute Gasteiger partial charge is 0.220 e. The Morgan fingerprint density at radius 1 is 0.660 bits per heavy atom. The first-order valence-electron chi connectivity index (χ1n) is 19.7. The molecule has 2 aliphatic rings. The monoisotopic (exact) mass is 759 g/mol. The highest BCUT2D eigenvalue weighted by atomic mass is 16.7. The van der Waals surface area contributed by atoms with Gasteiger partial charge in [-0.25, -0.2) is 0 Å². The number of hydrogen-bond donors (Lipinski definition) is 9. The zero-order chi connectivity index (χ0) is 39.0. The number of unbranched alkanes of at least 4 members (excludes halogenated alkanes) is 10. The molecule has 14 heteroatoms. The van der Waals surface area contributed by atoms with Crippen molar-refractivity contribution in [2.24, 2.45) is 0 Å². The largest absolute Gasteiger partial charge is 0.394 e. The van der Waals surface area contributed by atoms with Crippen molar-refractivity contribution in [2.75, 3.05) is 19.8 Å². The normalized spacial score (nSPS) is 30.8. The molecular weight excluding hydrogens is 690 g/mol. The Morgan fingerprint density at radius 2 is 1.21 bits per heavy atom. The van der Waals surface area contributed by atoms with Crippen molar-refractivity contribution in [3.8, 4) is 0 Å². The number of hydrogen-bond acceptors (Lipinski definition) is 13. The number of aliphatic hydroxyl groups excluding tert-OH is 8. The van der Waals surface area contributed by atoms with Gasteiger partial charge in [-0.3, -0.25) is 4.79 Å². The van der Waals surface area contributed by atoms with Gasteiger partial charge in [0.25, 0.3) is 0 Å². The zero-order valence-electron chi connectivity index (χ0n) is 31.7. The minimum Gasteiger partial charge on any atom is -0.394 e. The predicted molar refractivity (Wildman–Crippen MR) is 198 cm³/mol. The second-order valence-corrected chi connectivity index (χ2v) is 14.0. The van der Waals surface area contributed by atoms with E-state index in [1.54, 1.807) is 6.08 Å². The van der Waals surface area contributed by atoms with Crippen LogP contribution < -0.4 is 5.32 Å². The van der Waals surface area contributed by atoms with Crippen LogP contribution in [0.1, 0.15) is 110 Å². The first-order valence-corrected chi connectivity index (χ1v) is 19.7. The van der Waals surface area contributed by atoms with Gasteiger partial charge in [0.2, 0.25) is 5.91 Å². The second-order valence-electron chi connectivity index (χ2n) is 14.0. The van der Waals surface area contributed by atoms with Crippen molar-refractivity contribution in [1.29, 1.82) is 0 Å². The van der Waals surface area contributed by atoms with E-state index in [-0.39, 0.29) is 18.9 Å². The molecule has 0 aromatic carbocycles. The first kappa shape index (κ1) is 47.4. The maximum absolute atomic E-state index is 12.9. The van der Waals surface area contributed by atoms with Gasteiger partial charge in [-0.1, -0.05) is 102 Å². The van der Waals surface area contributed by atoms with E-state index in [2.05, 4.69) is 43.5 Å².